The predicted molar refractivity (Wildman–Crippen MR) is 60.3 cm³/mol. The molecule has 0 radical (unpaired) electrons. The molecule has 1 aromatic carbocycles. The summed E-state index contributed by atoms with van der Waals surface area (Å²) in [5.74, 6) is -1.13. The topological polar surface area (TPSA) is 55.1 Å². The van der Waals surface area contributed by atoms with Crippen LogP contribution in [0.2, 0.25) is 5.02 Å². The number of carboxylic acids is 1. The van der Waals surface area contributed by atoms with E-state index in [4.69, 9.17) is 16.7 Å². The van der Waals surface area contributed by atoms with Crippen molar-refractivity contribution in [2.75, 3.05) is 0 Å². The van der Waals surface area contributed by atoms with Crippen molar-refractivity contribution in [2.24, 2.45) is 0 Å². The Hall–Kier alpha value is -1.81. The first-order chi connectivity index (χ1) is 7.58. The summed E-state index contributed by atoms with van der Waals surface area (Å²) in [4.78, 5) is 10.8. The van der Waals surface area contributed by atoms with E-state index in [0.29, 0.717) is 0 Å². The fraction of sp³-hybridized carbons (Fsp3) is 0.0909. The molecule has 5 heteroatoms. The molecule has 1 aromatic heterocycles. The Balaban J connectivity index is 2.45. The molecule has 2 aromatic rings. The molecule has 0 spiro atoms. The largest absolute Gasteiger partial charge is 0.476 e. The van der Waals surface area contributed by atoms with Crippen LogP contribution in [0.25, 0.3) is 5.69 Å². The van der Waals surface area contributed by atoms with E-state index in [2.05, 4.69) is 5.10 Å². The van der Waals surface area contributed by atoms with E-state index >= 15 is 0 Å². The quantitative estimate of drug-likeness (QED) is 0.872. The number of aromatic nitrogens is 2. The predicted octanol–water partition coefficient (Wildman–Crippen LogP) is 2.53. The highest BCUT2D eigenvalue weighted by molar-refractivity contribution is 6.33. The third kappa shape index (κ3) is 1.92. The number of hydrogen-bond donors (Lipinski definition) is 1. The van der Waals surface area contributed by atoms with Crippen LogP contribution in [0.3, 0.4) is 0 Å². The number of benzene rings is 1. The normalized spacial score (nSPS) is 10.4. The Morgan fingerprint density at radius 3 is 2.50 bits per heavy atom. The number of hydrogen-bond acceptors (Lipinski definition) is 2. The number of nitrogens with zero attached hydrogens (tertiary/aromatic N) is 2. The number of carbonyl (C=O) groups is 1. The molecule has 16 heavy (non-hydrogen) atoms. The van der Waals surface area contributed by atoms with Gasteiger partial charge in [-0.3, -0.25) is 0 Å². The first kappa shape index (κ1) is 10.7. The van der Waals surface area contributed by atoms with Gasteiger partial charge < -0.3 is 5.11 Å². The minimum absolute atomic E-state index is 0.132. The first-order valence-electron chi connectivity index (χ1n) is 4.63. The summed E-state index contributed by atoms with van der Waals surface area (Å²) in [6.07, 6.45) is 1.48. The Labute approximate surface area is 97.1 Å². The maximum absolute atomic E-state index is 10.8. The Morgan fingerprint density at radius 1 is 1.38 bits per heavy atom. The molecule has 0 aliphatic carbocycles. The van der Waals surface area contributed by atoms with E-state index in [1.54, 1.807) is 0 Å². The van der Waals surface area contributed by atoms with Gasteiger partial charge in [-0.2, -0.15) is 5.10 Å². The molecular formula is C11H9ClN2O2. The van der Waals surface area contributed by atoms with Crippen molar-refractivity contribution in [3.63, 3.8) is 0 Å². The highest BCUT2D eigenvalue weighted by Crippen LogP contribution is 2.17. The third-order valence-electron chi connectivity index (χ3n) is 2.17. The number of aromatic carboxylic acids is 1. The van der Waals surface area contributed by atoms with Crippen LogP contribution in [0, 0.1) is 6.92 Å². The molecule has 1 N–H and O–H groups in total. The van der Waals surface area contributed by atoms with Crippen LogP contribution in [0.15, 0.2) is 30.5 Å². The molecule has 0 saturated heterocycles. The van der Waals surface area contributed by atoms with Crippen molar-refractivity contribution >= 4 is 17.6 Å². The lowest BCUT2D eigenvalue weighted by molar-refractivity contribution is 0.0690. The fourth-order valence-corrected chi connectivity index (χ4v) is 1.54. The van der Waals surface area contributed by atoms with E-state index in [0.717, 1.165) is 11.3 Å². The second-order valence-corrected chi connectivity index (χ2v) is 3.82. The van der Waals surface area contributed by atoms with E-state index < -0.39 is 5.97 Å². The van der Waals surface area contributed by atoms with Crippen molar-refractivity contribution < 1.29 is 9.90 Å². The van der Waals surface area contributed by atoms with E-state index in [-0.39, 0.29) is 10.7 Å². The molecule has 0 aliphatic rings. The van der Waals surface area contributed by atoms with Crippen molar-refractivity contribution in [1.29, 1.82) is 0 Å². The minimum Gasteiger partial charge on any atom is -0.476 e. The smallest absolute Gasteiger partial charge is 0.357 e. The van der Waals surface area contributed by atoms with Crippen LogP contribution < -0.4 is 0 Å². The number of aryl methyl sites for hydroxylation is 1. The van der Waals surface area contributed by atoms with Crippen molar-refractivity contribution in [3.8, 4) is 5.69 Å². The van der Waals surface area contributed by atoms with Crippen molar-refractivity contribution in [2.45, 2.75) is 6.92 Å². The zero-order valence-electron chi connectivity index (χ0n) is 8.51. The molecule has 0 atom stereocenters. The van der Waals surface area contributed by atoms with Crippen LogP contribution >= 0.6 is 11.6 Å². The minimum atomic E-state index is -1.13. The van der Waals surface area contributed by atoms with Gasteiger partial charge in [0.1, 0.15) is 0 Å². The number of halogens is 1. The lowest BCUT2D eigenvalue weighted by atomic mass is 10.2. The van der Waals surface area contributed by atoms with Gasteiger partial charge in [0.25, 0.3) is 0 Å². The molecule has 0 aliphatic heterocycles. The molecule has 0 unspecified atom stereocenters. The molecule has 1 heterocycles. The van der Waals surface area contributed by atoms with Crippen LogP contribution in [0.4, 0.5) is 0 Å². The number of carboxylic acid groups (broad SMARTS) is 1. The second-order valence-electron chi connectivity index (χ2n) is 3.41. The summed E-state index contributed by atoms with van der Waals surface area (Å²) in [5.41, 5.74) is 1.77. The summed E-state index contributed by atoms with van der Waals surface area (Å²) in [6.45, 7) is 1.97. The molecule has 2 rings (SSSR count). The summed E-state index contributed by atoms with van der Waals surface area (Å²) in [7, 11) is 0. The average Bonchev–Trinajstić information content (AvgIpc) is 2.61. The van der Waals surface area contributed by atoms with Gasteiger partial charge in [-0.15, -0.1) is 0 Å². The molecule has 0 fully saturated rings. The maximum atomic E-state index is 10.8. The van der Waals surface area contributed by atoms with Crippen molar-refractivity contribution in [3.05, 3.63) is 46.7 Å². The summed E-state index contributed by atoms with van der Waals surface area (Å²) in [6, 6.07) is 7.55. The van der Waals surface area contributed by atoms with Gasteiger partial charge in [0, 0.05) is 0 Å². The van der Waals surface area contributed by atoms with Crippen LogP contribution in [0.5, 0.6) is 0 Å². The maximum Gasteiger partial charge on any atom is 0.357 e. The monoisotopic (exact) mass is 236 g/mol. The lowest BCUT2D eigenvalue weighted by Crippen LogP contribution is -2.01. The van der Waals surface area contributed by atoms with Gasteiger partial charge in [-0.1, -0.05) is 29.3 Å². The molecule has 0 bridgehead atoms. The number of rotatable bonds is 2. The van der Waals surface area contributed by atoms with Crippen LogP contribution in [-0.4, -0.2) is 20.9 Å². The van der Waals surface area contributed by atoms with E-state index in [1.807, 2.05) is 31.2 Å². The highest BCUT2D eigenvalue weighted by atomic mass is 35.5. The Bertz CT molecular complexity index is 531. The average molecular weight is 237 g/mol. The van der Waals surface area contributed by atoms with E-state index in [9.17, 15) is 4.79 Å². The van der Waals surface area contributed by atoms with Gasteiger partial charge in [0.05, 0.1) is 16.9 Å². The SMILES string of the molecule is Cc1ccc(-n2cc(Cl)c(C(=O)O)n2)cc1. The summed E-state index contributed by atoms with van der Waals surface area (Å²) >= 11 is 5.76. The molecule has 4 nitrogen and oxygen atoms in total. The first-order valence-corrected chi connectivity index (χ1v) is 5.01. The lowest BCUT2D eigenvalue weighted by Gasteiger charge is -2.00. The Morgan fingerprint density at radius 2 is 2.00 bits per heavy atom. The van der Waals surface area contributed by atoms with Crippen LogP contribution in [-0.2, 0) is 0 Å². The zero-order chi connectivity index (χ0) is 11.7. The standard InChI is InChI=1S/C11H9ClN2O2/c1-7-2-4-8(5-3-7)14-6-9(12)10(13-14)11(15)16/h2-6H,1H3,(H,15,16). The second kappa shape index (κ2) is 3.98. The summed E-state index contributed by atoms with van der Waals surface area (Å²) < 4.78 is 1.45. The zero-order valence-corrected chi connectivity index (χ0v) is 9.27. The third-order valence-corrected chi connectivity index (χ3v) is 2.45. The van der Waals surface area contributed by atoms with E-state index in [1.165, 1.54) is 10.9 Å². The fourth-order valence-electron chi connectivity index (χ4n) is 1.33. The summed E-state index contributed by atoms with van der Waals surface area (Å²) in [5, 5.41) is 12.8. The van der Waals surface area contributed by atoms with Gasteiger partial charge in [0.15, 0.2) is 5.69 Å². The molecule has 0 saturated carbocycles. The molecule has 82 valence electrons. The molecular weight excluding hydrogens is 228 g/mol. The van der Waals surface area contributed by atoms with Crippen molar-refractivity contribution in [1.82, 2.24) is 9.78 Å². The van der Waals surface area contributed by atoms with Crippen LogP contribution in [0.1, 0.15) is 16.1 Å². The highest BCUT2D eigenvalue weighted by Gasteiger charge is 2.14. The van der Waals surface area contributed by atoms with Gasteiger partial charge in [-0.25, -0.2) is 9.48 Å². The van der Waals surface area contributed by atoms with Gasteiger partial charge >= 0.3 is 5.97 Å². The van der Waals surface area contributed by atoms with Gasteiger partial charge in [-0.05, 0) is 19.1 Å². The molecule has 0 amide bonds. The Kier molecular flexibility index (Phi) is 2.66. The van der Waals surface area contributed by atoms with Gasteiger partial charge in [0.2, 0.25) is 0 Å².